The van der Waals surface area contributed by atoms with Crippen molar-refractivity contribution in [2.45, 2.75) is 29.2 Å². The number of aliphatic imine (C=N–C) groups is 1. The number of rotatable bonds is 4. The molecule has 0 aliphatic carbocycles. The number of fused-ring (bicyclic) bond motifs is 1. The molecule has 2 aliphatic heterocycles. The molecular formula is C21H23FN4O5S2. The van der Waals surface area contributed by atoms with Crippen LogP contribution in [0.25, 0.3) is 0 Å². The van der Waals surface area contributed by atoms with Crippen LogP contribution in [0.2, 0.25) is 0 Å². The molecule has 0 aromatic heterocycles. The minimum atomic E-state index is -3.81. The summed E-state index contributed by atoms with van der Waals surface area (Å²) in [6.45, 7) is 2.38. The van der Waals surface area contributed by atoms with Crippen molar-refractivity contribution < 1.29 is 26.0 Å². The summed E-state index contributed by atoms with van der Waals surface area (Å²) >= 11 is 0. The van der Waals surface area contributed by atoms with Gasteiger partial charge in [0.1, 0.15) is 17.7 Å². The predicted octanol–water partition coefficient (Wildman–Crippen LogP) is 1.18. The maximum Gasteiger partial charge on any atom is 0.263 e. The van der Waals surface area contributed by atoms with Gasteiger partial charge >= 0.3 is 0 Å². The van der Waals surface area contributed by atoms with E-state index in [9.17, 15) is 26.0 Å². The summed E-state index contributed by atoms with van der Waals surface area (Å²) in [4.78, 5) is 19.0. The van der Waals surface area contributed by atoms with E-state index in [1.165, 1.54) is 27.4 Å². The highest BCUT2D eigenvalue weighted by atomic mass is 32.2. The van der Waals surface area contributed by atoms with Gasteiger partial charge in [-0.05, 0) is 49.7 Å². The smallest absolute Gasteiger partial charge is 0.263 e. The van der Waals surface area contributed by atoms with Crippen LogP contribution in [0.3, 0.4) is 0 Å². The molecule has 12 heteroatoms. The van der Waals surface area contributed by atoms with Crippen LogP contribution in [0.1, 0.15) is 18.9 Å². The summed E-state index contributed by atoms with van der Waals surface area (Å²) in [5.74, 6) is -0.738. The Bertz CT molecular complexity index is 1310. The number of carbonyl (C=O) groups excluding carboxylic acids is 1. The Morgan fingerprint density at radius 3 is 2.48 bits per heavy atom. The number of halogens is 1. The van der Waals surface area contributed by atoms with Crippen molar-refractivity contribution in [1.29, 1.82) is 0 Å². The van der Waals surface area contributed by atoms with Gasteiger partial charge in [0, 0.05) is 31.7 Å². The van der Waals surface area contributed by atoms with Gasteiger partial charge in [-0.2, -0.15) is 4.31 Å². The first-order valence-electron chi connectivity index (χ1n) is 10.3. The highest BCUT2D eigenvalue weighted by Gasteiger charge is 2.33. The number of benzene rings is 2. The quantitative estimate of drug-likeness (QED) is 0.685. The molecular weight excluding hydrogens is 471 g/mol. The van der Waals surface area contributed by atoms with Crippen molar-refractivity contribution in [3.05, 3.63) is 59.9 Å². The summed E-state index contributed by atoms with van der Waals surface area (Å²) in [6, 6.07) is 10.1. The molecule has 1 N–H and O–H groups in total. The zero-order chi connectivity index (χ0) is 23.8. The average Bonchev–Trinajstić information content (AvgIpc) is 2.93. The molecule has 0 unspecified atom stereocenters. The van der Waals surface area contributed by atoms with Gasteiger partial charge < -0.3 is 4.90 Å². The Hall–Kier alpha value is -2.83. The van der Waals surface area contributed by atoms with Gasteiger partial charge in [-0.1, -0.05) is 12.1 Å². The van der Waals surface area contributed by atoms with Crippen LogP contribution < -0.4 is 4.72 Å². The monoisotopic (exact) mass is 494 g/mol. The SMILES string of the molecule is C[C@H](N=C1NS(=O)(=O)c2ccccc21)C(=O)N1CCCN(S(=O)(=O)c2ccc(F)cc2)CC1. The standard InChI is InChI=1S/C21H23FN4O5S2/c1-15(23-20-18-5-2-3-6-19(18)32(28,29)24-20)21(27)25-11-4-12-26(14-13-25)33(30,31)17-9-7-16(22)8-10-17/h2-3,5-10,15H,4,11-14H2,1H3,(H,23,24)/t15-/m0/s1. The fourth-order valence-electron chi connectivity index (χ4n) is 3.85. The van der Waals surface area contributed by atoms with Crippen molar-refractivity contribution in [3.8, 4) is 0 Å². The Balaban J connectivity index is 1.47. The van der Waals surface area contributed by atoms with E-state index in [0.717, 1.165) is 12.1 Å². The van der Waals surface area contributed by atoms with Gasteiger partial charge in [-0.3, -0.25) is 14.5 Å². The molecule has 2 aromatic rings. The third-order valence-electron chi connectivity index (χ3n) is 5.56. The van der Waals surface area contributed by atoms with Crippen molar-refractivity contribution in [1.82, 2.24) is 13.9 Å². The van der Waals surface area contributed by atoms with E-state index in [1.54, 1.807) is 25.1 Å². The van der Waals surface area contributed by atoms with Crippen molar-refractivity contribution in [2.75, 3.05) is 26.2 Å². The first-order chi connectivity index (χ1) is 15.6. The van der Waals surface area contributed by atoms with E-state index in [-0.39, 0.29) is 41.2 Å². The van der Waals surface area contributed by atoms with Crippen LogP contribution in [0.4, 0.5) is 4.39 Å². The molecule has 1 atom stereocenters. The minimum Gasteiger partial charge on any atom is -0.339 e. The van der Waals surface area contributed by atoms with Crippen LogP contribution >= 0.6 is 0 Å². The van der Waals surface area contributed by atoms with Gasteiger partial charge in [0.25, 0.3) is 10.0 Å². The lowest BCUT2D eigenvalue weighted by Crippen LogP contribution is -2.41. The Labute approximate surface area is 192 Å². The normalized spacial score (nSPS) is 20.7. The second-order valence-corrected chi connectivity index (χ2v) is 11.4. The lowest BCUT2D eigenvalue weighted by molar-refractivity contribution is -0.131. The van der Waals surface area contributed by atoms with E-state index >= 15 is 0 Å². The number of hydrogen-bond donors (Lipinski definition) is 1. The molecule has 0 saturated carbocycles. The maximum atomic E-state index is 13.2. The van der Waals surface area contributed by atoms with Gasteiger partial charge in [-0.15, -0.1) is 0 Å². The Kier molecular flexibility index (Phi) is 6.25. The number of amides is 1. The second kappa shape index (κ2) is 8.84. The number of sulfonamides is 2. The first kappa shape index (κ1) is 23.3. The van der Waals surface area contributed by atoms with Gasteiger partial charge in [0.2, 0.25) is 15.9 Å². The second-order valence-electron chi connectivity index (χ2n) is 7.79. The Morgan fingerprint density at radius 1 is 1.06 bits per heavy atom. The molecule has 1 saturated heterocycles. The molecule has 2 aliphatic rings. The molecule has 2 aromatic carbocycles. The third-order valence-corrected chi connectivity index (χ3v) is 8.87. The molecule has 2 heterocycles. The van der Waals surface area contributed by atoms with Crippen LogP contribution in [-0.4, -0.2) is 70.0 Å². The first-order valence-corrected chi connectivity index (χ1v) is 13.3. The van der Waals surface area contributed by atoms with Crippen LogP contribution in [0.5, 0.6) is 0 Å². The number of amidine groups is 1. The Morgan fingerprint density at radius 2 is 1.76 bits per heavy atom. The number of carbonyl (C=O) groups is 1. The molecule has 1 fully saturated rings. The number of nitrogens with zero attached hydrogens (tertiary/aromatic N) is 3. The van der Waals surface area contributed by atoms with Crippen LogP contribution in [-0.2, 0) is 24.8 Å². The molecule has 0 radical (unpaired) electrons. The maximum absolute atomic E-state index is 13.2. The zero-order valence-corrected chi connectivity index (χ0v) is 19.4. The summed E-state index contributed by atoms with van der Waals surface area (Å²) in [6.07, 6.45) is 0.422. The average molecular weight is 495 g/mol. The molecule has 1 amide bonds. The minimum absolute atomic E-state index is 0.00405. The van der Waals surface area contributed by atoms with Crippen LogP contribution in [0, 0.1) is 5.82 Å². The summed E-state index contributed by atoms with van der Waals surface area (Å²) in [5.41, 5.74) is 0.407. The third kappa shape index (κ3) is 4.63. The summed E-state index contributed by atoms with van der Waals surface area (Å²) < 4.78 is 67.1. The molecule has 0 spiro atoms. The lowest BCUT2D eigenvalue weighted by Gasteiger charge is -2.23. The highest BCUT2D eigenvalue weighted by Crippen LogP contribution is 2.23. The zero-order valence-electron chi connectivity index (χ0n) is 17.8. The fourth-order valence-corrected chi connectivity index (χ4v) is 6.56. The highest BCUT2D eigenvalue weighted by molar-refractivity contribution is 7.90. The molecule has 33 heavy (non-hydrogen) atoms. The molecule has 176 valence electrons. The lowest BCUT2D eigenvalue weighted by atomic mass is 10.2. The van der Waals surface area contributed by atoms with Crippen molar-refractivity contribution in [2.24, 2.45) is 4.99 Å². The van der Waals surface area contributed by atoms with Gasteiger partial charge in [0.05, 0.1) is 9.79 Å². The molecule has 4 rings (SSSR count). The number of nitrogens with one attached hydrogen (secondary N) is 1. The largest absolute Gasteiger partial charge is 0.339 e. The molecule has 9 nitrogen and oxygen atoms in total. The van der Waals surface area contributed by atoms with Crippen LogP contribution in [0.15, 0.2) is 63.3 Å². The van der Waals surface area contributed by atoms with E-state index in [1.807, 2.05) is 0 Å². The van der Waals surface area contributed by atoms with E-state index < -0.39 is 31.9 Å². The molecule has 0 bridgehead atoms. The topological polar surface area (TPSA) is 116 Å². The van der Waals surface area contributed by atoms with E-state index in [0.29, 0.717) is 18.5 Å². The van der Waals surface area contributed by atoms with E-state index in [4.69, 9.17) is 0 Å². The summed E-state index contributed by atoms with van der Waals surface area (Å²) in [5, 5.41) is 0. The van der Waals surface area contributed by atoms with Crippen molar-refractivity contribution in [3.63, 3.8) is 0 Å². The van der Waals surface area contributed by atoms with Gasteiger partial charge in [-0.25, -0.2) is 21.2 Å². The fraction of sp³-hybridized carbons (Fsp3) is 0.333. The predicted molar refractivity (Wildman–Crippen MR) is 119 cm³/mol. The summed E-state index contributed by atoms with van der Waals surface area (Å²) in [7, 11) is -7.52. The van der Waals surface area contributed by atoms with Crippen molar-refractivity contribution >= 4 is 31.8 Å². The van der Waals surface area contributed by atoms with Gasteiger partial charge in [0.15, 0.2) is 0 Å². The number of hydrogen-bond acceptors (Lipinski definition) is 6. The van der Waals surface area contributed by atoms with E-state index in [2.05, 4.69) is 9.71 Å².